The summed E-state index contributed by atoms with van der Waals surface area (Å²) < 4.78 is 10.2. The first kappa shape index (κ1) is 17.9. The minimum Gasteiger partial charge on any atom is -0.469 e. The van der Waals surface area contributed by atoms with Gasteiger partial charge in [0.15, 0.2) is 0 Å². The van der Waals surface area contributed by atoms with Crippen molar-refractivity contribution in [2.24, 2.45) is 0 Å². The Labute approximate surface area is 137 Å². The Kier molecular flexibility index (Phi) is 7.71. The van der Waals surface area contributed by atoms with Crippen molar-refractivity contribution in [3.05, 3.63) is 33.3 Å². The van der Waals surface area contributed by atoms with Crippen molar-refractivity contribution in [2.45, 2.75) is 6.42 Å². The molecule has 1 aromatic rings. The second kappa shape index (κ2) is 9.02. The Morgan fingerprint density at radius 2 is 2.00 bits per heavy atom. The molecule has 0 saturated carbocycles. The van der Waals surface area contributed by atoms with E-state index in [1.165, 1.54) is 7.11 Å². The maximum absolute atomic E-state index is 12.5. The lowest BCUT2D eigenvalue weighted by Gasteiger charge is -2.22. The molecule has 0 aromatic heterocycles. The van der Waals surface area contributed by atoms with Crippen molar-refractivity contribution >= 4 is 39.4 Å². The van der Waals surface area contributed by atoms with E-state index in [2.05, 4.69) is 20.7 Å². The van der Waals surface area contributed by atoms with Gasteiger partial charge < -0.3 is 14.4 Å². The number of methoxy groups -OCH3 is 2. The zero-order valence-electron chi connectivity index (χ0n) is 11.9. The number of carbonyl (C=O) groups excluding carboxylic acids is 2. The van der Waals surface area contributed by atoms with Crippen LogP contribution in [0.3, 0.4) is 0 Å². The summed E-state index contributed by atoms with van der Waals surface area (Å²) >= 11 is 9.19. The number of hydrogen-bond acceptors (Lipinski definition) is 4. The summed E-state index contributed by atoms with van der Waals surface area (Å²) in [7, 11) is 2.88. The lowest BCUT2D eigenvalue weighted by molar-refractivity contribution is -0.140. The third kappa shape index (κ3) is 5.65. The fraction of sp³-hybridized carbons (Fsp3) is 0.429. The predicted octanol–water partition coefficient (Wildman–Crippen LogP) is 2.75. The largest absolute Gasteiger partial charge is 0.469 e. The molecule has 0 aliphatic carbocycles. The van der Waals surface area contributed by atoms with Crippen molar-refractivity contribution < 1.29 is 19.1 Å². The van der Waals surface area contributed by atoms with Crippen LogP contribution < -0.4 is 0 Å². The van der Waals surface area contributed by atoms with Gasteiger partial charge in [-0.3, -0.25) is 9.59 Å². The number of amides is 1. The van der Waals surface area contributed by atoms with Gasteiger partial charge in [0.05, 0.1) is 25.7 Å². The van der Waals surface area contributed by atoms with Crippen LogP contribution in [0, 0.1) is 0 Å². The molecule has 0 N–H and O–H groups in total. The molecule has 0 bridgehead atoms. The second-order valence-corrected chi connectivity index (χ2v) is 5.53. The second-order valence-electron chi connectivity index (χ2n) is 4.24. The van der Waals surface area contributed by atoms with E-state index in [4.69, 9.17) is 16.3 Å². The summed E-state index contributed by atoms with van der Waals surface area (Å²) in [6, 6.07) is 4.95. The standard InChI is InChI=1S/C14H17BrClNO4/c1-20-8-7-17(6-5-13(18)21-2)14(19)11-4-3-10(16)9-12(11)15/h3-4,9H,5-8H2,1-2H3. The lowest BCUT2D eigenvalue weighted by atomic mass is 10.2. The van der Waals surface area contributed by atoms with Gasteiger partial charge in [-0.15, -0.1) is 0 Å². The number of hydrogen-bond donors (Lipinski definition) is 0. The predicted molar refractivity (Wildman–Crippen MR) is 83.6 cm³/mol. The van der Waals surface area contributed by atoms with Crippen LogP contribution in [-0.4, -0.2) is 50.7 Å². The highest BCUT2D eigenvalue weighted by Gasteiger charge is 2.19. The molecular formula is C14H17BrClNO4. The van der Waals surface area contributed by atoms with Gasteiger partial charge in [-0.1, -0.05) is 11.6 Å². The first-order valence-electron chi connectivity index (χ1n) is 6.29. The zero-order valence-corrected chi connectivity index (χ0v) is 14.2. The highest BCUT2D eigenvalue weighted by Crippen LogP contribution is 2.23. The number of esters is 1. The van der Waals surface area contributed by atoms with Crippen molar-refractivity contribution in [2.75, 3.05) is 33.9 Å². The maximum Gasteiger partial charge on any atom is 0.307 e. The monoisotopic (exact) mass is 377 g/mol. The smallest absolute Gasteiger partial charge is 0.307 e. The minimum absolute atomic E-state index is 0.136. The van der Waals surface area contributed by atoms with Crippen molar-refractivity contribution in [3.63, 3.8) is 0 Å². The maximum atomic E-state index is 12.5. The van der Waals surface area contributed by atoms with E-state index in [-0.39, 0.29) is 24.8 Å². The van der Waals surface area contributed by atoms with E-state index in [9.17, 15) is 9.59 Å². The summed E-state index contributed by atoms with van der Waals surface area (Å²) in [5, 5.41) is 0.538. The Balaban J connectivity index is 2.85. The molecule has 0 aliphatic rings. The quantitative estimate of drug-likeness (QED) is 0.685. The summed E-state index contributed by atoms with van der Waals surface area (Å²) in [6.07, 6.45) is 0.136. The molecule has 0 heterocycles. The average molecular weight is 379 g/mol. The molecule has 0 atom stereocenters. The molecular weight excluding hydrogens is 362 g/mol. The van der Waals surface area contributed by atoms with Gasteiger partial charge in [0.25, 0.3) is 5.91 Å². The van der Waals surface area contributed by atoms with Gasteiger partial charge in [-0.05, 0) is 34.1 Å². The number of carbonyl (C=O) groups is 2. The summed E-state index contributed by atoms with van der Waals surface area (Å²) in [4.78, 5) is 25.3. The van der Waals surface area contributed by atoms with Crippen LogP contribution in [-0.2, 0) is 14.3 Å². The first-order chi connectivity index (χ1) is 9.99. The Morgan fingerprint density at radius 3 is 2.57 bits per heavy atom. The number of halogens is 2. The zero-order chi connectivity index (χ0) is 15.8. The number of nitrogens with zero attached hydrogens (tertiary/aromatic N) is 1. The average Bonchev–Trinajstić information content (AvgIpc) is 2.46. The summed E-state index contributed by atoms with van der Waals surface area (Å²) in [5.74, 6) is -0.556. The minimum atomic E-state index is -0.361. The van der Waals surface area contributed by atoms with Crippen molar-refractivity contribution in [3.8, 4) is 0 Å². The first-order valence-corrected chi connectivity index (χ1v) is 7.46. The molecule has 1 amide bonds. The van der Waals surface area contributed by atoms with Gasteiger partial charge in [0.2, 0.25) is 0 Å². The fourth-order valence-electron chi connectivity index (χ4n) is 1.68. The van der Waals surface area contributed by atoms with E-state index in [1.807, 2.05) is 0 Å². The third-order valence-electron chi connectivity index (χ3n) is 2.83. The van der Waals surface area contributed by atoms with Crippen LogP contribution in [0.4, 0.5) is 0 Å². The Bertz CT molecular complexity index is 510. The van der Waals surface area contributed by atoms with Crippen LogP contribution >= 0.6 is 27.5 Å². The highest BCUT2D eigenvalue weighted by molar-refractivity contribution is 9.10. The third-order valence-corrected chi connectivity index (χ3v) is 3.72. The van der Waals surface area contributed by atoms with Gasteiger partial charge in [-0.2, -0.15) is 0 Å². The Morgan fingerprint density at radius 1 is 1.29 bits per heavy atom. The summed E-state index contributed by atoms with van der Waals surface area (Å²) in [5.41, 5.74) is 0.486. The van der Waals surface area contributed by atoms with E-state index in [0.29, 0.717) is 28.2 Å². The molecule has 0 aliphatic heterocycles. The fourth-order valence-corrected chi connectivity index (χ4v) is 2.53. The number of benzene rings is 1. The molecule has 21 heavy (non-hydrogen) atoms. The molecule has 1 aromatic carbocycles. The topological polar surface area (TPSA) is 55.8 Å². The van der Waals surface area contributed by atoms with Crippen LogP contribution in [0.1, 0.15) is 16.8 Å². The van der Waals surface area contributed by atoms with Gasteiger partial charge in [-0.25, -0.2) is 0 Å². The van der Waals surface area contributed by atoms with Crippen LogP contribution in [0.25, 0.3) is 0 Å². The SMILES string of the molecule is COCCN(CCC(=O)OC)C(=O)c1ccc(Cl)cc1Br. The number of rotatable bonds is 7. The van der Waals surface area contributed by atoms with Crippen LogP contribution in [0.5, 0.6) is 0 Å². The molecule has 0 saturated heterocycles. The summed E-state index contributed by atoms with van der Waals surface area (Å²) in [6.45, 7) is 1.05. The molecule has 116 valence electrons. The van der Waals surface area contributed by atoms with E-state index in [0.717, 1.165) is 0 Å². The number of ether oxygens (including phenoxy) is 2. The van der Waals surface area contributed by atoms with Gasteiger partial charge >= 0.3 is 5.97 Å². The Hall–Kier alpha value is -1.11. The lowest BCUT2D eigenvalue weighted by Crippen LogP contribution is -2.36. The van der Waals surface area contributed by atoms with Crippen LogP contribution in [0.2, 0.25) is 5.02 Å². The van der Waals surface area contributed by atoms with E-state index >= 15 is 0 Å². The van der Waals surface area contributed by atoms with Gasteiger partial charge in [0.1, 0.15) is 0 Å². The van der Waals surface area contributed by atoms with E-state index in [1.54, 1.807) is 30.2 Å². The normalized spacial score (nSPS) is 10.3. The van der Waals surface area contributed by atoms with Gasteiger partial charge in [0, 0.05) is 29.7 Å². The molecule has 0 unspecified atom stereocenters. The molecule has 0 spiro atoms. The van der Waals surface area contributed by atoms with Crippen molar-refractivity contribution in [1.82, 2.24) is 4.90 Å². The highest BCUT2D eigenvalue weighted by atomic mass is 79.9. The van der Waals surface area contributed by atoms with Crippen LogP contribution in [0.15, 0.2) is 22.7 Å². The molecule has 0 radical (unpaired) electrons. The van der Waals surface area contributed by atoms with Crippen molar-refractivity contribution in [1.29, 1.82) is 0 Å². The molecule has 0 fully saturated rings. The molecule has 7 heteroatoms. The molecule has 1 rings (SSSR count). The molecule has 5 nitrogen and oxygen atoms in total. The van der Waals surface area contributed by atoms with E-state index < -0.39 is 0 Å².